The molecule has 0 aliphatic carbocycles. The molecule has 4 heteroatoms. The van der Waals surface area contributed by atoms with Gasteiger partial charge in [-0.1, -0.05) is 0 Å². The number of pyridine rings is 1. The van der Waals surface area contributed by atoms with Crippen molar-refractivity contribution < 1.29 is 9.53 Å². The summed E-state index contributed by atoms with van der Waals surface area (Å²) in [5.41, 5.74) is -0.262. The lowest BCUT2D eigenvalue weighted by Crippen LogP contribution is -2.27. The number of Topliss-reactive ketones (excluding diaryl/α,β-unsaturated/α-hetero) is 1. The van der Waals surface area contributed by atoms with Crippen LogP contribution >= 0.6 is 0 Å². The van der Waals surface area contributed by atoms with Gasteiger partial charge in [0.25, 0.3) is 5.56 Å². The summed E-state index contributed by atoms with van der Waals surface area (Å²) in [5.74, 6) is 0.235. The highest BCUT2D eigenvalue weighted by Gasteiger charge is 2.13. The van der Waals surface area contributed by atoms with Crippen LogP contribution in [0.1, 0.15) is 26.8 Å². The predicted molar refractivity (Wildman–Crippen MR) is 57.3 cm³/mol. The van der Waals surface area contributed by atoms with Crippen LogP contribution in [-0.2, 0) is 4.79 Å². The van der Waals surface area contributed by atoms with Crippen molar-refractivity contribution in [1.82, 2.24) is 4.57 Å². The Morgan fingerprint density at radius 1 is 1.60 bits per heavy atom. The molecule has 0 aliphatic heterocycles. The summed E-state index contributed by atoms with van der Waals surface area (Å²) in [6, 6.07) is 2.86. The van der Waals surface area contributed by atoms with Crippen molar-refractivity contribution in [3.05, 3.63) is 28.7 Å². The first-order valence-corrected chi connectivity index (χ1v) is 4.92. The van der Waals surface area contributed by atoms with E-state index in [9.17, 15) is 9.59 Å². The summed E-state index contributed by atoms with van der Waals surface area (Å²) in [6.07, 6.45) is 1.59. The standard InChI is InChI=1S/C11H15NO3/c1-4-15-10-6-5-7-12(11(10)14)8(2)9(3)13/h5-8H,4H2,1-3H3. The number of carbonyl (C=O) groups excluding carboxylic acids is 1. The van der Waals surface area contributed by atoms with E-state index < -0.39 is 6.04 Å². The van der Waals surface area contributed by atoms with Crippen molar-refractivity contribution in [1.29, 1.82) is 0 Å². The molecule has 0 saturated carbocycles. The van der Waals surface area contributed by atoms with Crippen LogP contribution in [0, 0.1) is 0 Å². The van der Waals surface area contributed by atoms with Gasteiger partial charge in [0, 0.05) is 6.20 Å². The highest BCUT2D eigenvalue weighted by molar-refractivity contribution is 5.79. The zero-order chi connectivity index (χ0) is 11.4. The van der Waals surface area contributed by atoms with Crippen molar-refractivity contribution >= 4 is 5.78 Å². The normalized spacial score (nSPS) is 12.2. The van der Waals surface area contributed by atoms with Gasteiger partial charge in [-0.3, -0.25) is 9.59 Å². The molecule has 0 N–H and O–H groups in total. The van der Waals surface area contributed by atoms with E-state index in [0.29, 0.717) is 6.61 Å². The fourth-order valence-electron chi connectivity index (χ4n) is 1.26. The molecule has 0 aliphatic rings. The van der Waals surface area contributed by atoms with Gasteiger partial charge in [-0.05, 0) is 32.9 Å². The maximum atomic E-state index is 11.8. The van der Waals surface area contributed by atoms with Gasteiger partial charge in [-0.25, -0.2) is 0 Å². The van der Waals surface area contributed by atoms with Gasteiger partial charge < -0.3 is 9.30 Å². The quantitative estimate of drug-likeness (QED) is 0.753. The van der Waals surface area contributed by atoms with Crippen molar-refractivity contribution in [2.45, 2.75) is 26.8 Å². The second-order valence-electron chi connectivity index (χ2n) is 3.30. The van der Waals surface area contributed by atoms with E-state index in [1.807, 2.05) is 6.92 Å². The number of ketones is 1. The molecule has 0 fully saturated rings. The average molecular weight is 209 g/mol. The molecule has 1 aromatic heterocycles. The maximum Gasteiger partial charge on any atom is 0.293 e. The molecular weight excluding hydrogens is 194 g/mol. The van der Waals surface area contributed by atoms with Crippen molar-refractivity contribution in [3.8, 4) is 5.75 Å². The maximum absolute atomic E-state index is 11.8. The SMILES string of the molecule is CCOc1cccn(C(C)C(C)=O)c1=O. The third kappa shape index (κ3) is 2.46. The van der Waals surface area contributed by atoms with Crippen LogP contribution in [-0.4, -0.2) is 17.0 Å². The van der Waals surface area contributed by atoms with Crippen LogP contribution < -0.4 is 10.3 Å². The number of ether oxygens (including phenoxy) is 1. The summed E-state index contributed by atoms with van der Waals surface area (Å²) >= 11 is 0. The smallest absolute Gasteiger partial charge is 0.293 e. The minimum absolute atomic E-state index is 0.0502. The van der Waals surface area contributed by atoms with E-state index in [0.717, 1.165) is 0 Å². The van der Waals surface area contributed by atoms with Crippen molar-refractivity contribution in [3.63, 3.8) is 0 Å². The molecular formula is C11H15NO3. The Hall–Kier alpha value is -1.58. The van der Waals surface area contributed by atoms with Crippen LogP contribution in [0.3, 0.4) is 0 Å². The highest BCUT2D eigenvalue weighted by Crippen LogP contribution is 2.07. The Morgan fingerprint density at radius 2 is 2.27 bits per heavy atom. The lowest BCUT2D eigenvalue weighted by atomic mass is 10.2. The van der Waals surface area contributed by atoms with Gasteiger partial charge in [-0.2, -0.15) is 0 Å². The largest absolute Gasteiger partial charge is 0.488 e. The van der Waals surface area contributed by atoms with Crippen LogP contribution in [0.15, 0.2) is 23.1 Å². The first-order chi connectivity index (χ1) is 7.07. The van der Waals surface area contributed by atoms with E-state index in [1.54, 1.807) is 25.3 Å². The van der Waals surface area contributed by atoms with E-state index in [4.69, 9.17) is 4.74 Å². The number of aromatic nitrogens is 1. The molecule has 82 valence electrons. The van der Waals surface area contributed by atoms with Gasteiger partial charge in [0.1, 0.15) is 0 Å². The van der Waals surface area contributed by atoms with E-state index >= 15 is 0 Å². The Bertz CT molecular complexity index is 409. The lowest BCUT2D eigenvalue weighted by Gasteiger charge is -2.12. The molecule has 0 amide bonds. The second kappa shape index (κ2) is 4.77. The van der Waals surface area contributed by atoms with Gasteiger partial charge in [0.2, 0.25) is 0 Å². The van der Waals surface area contributed by atoms with Gasteiger partial charge in [-0.15, -0.1) is 0 Å². The molecule has 1 heterocycles. The van der Waals surface area contributed by atoms with Crippen molar-refractivity contribution in [2.24, 2.45) is 0 Å². The molecule has 1 atom stereocenters. The molecule has 15 heavy (non-hydrogen) atoms. The Morgan fingerprint density at radius 3 is 2.80 bits per heavy atom. The first kappa shape index (κ1) is 11.5. The fourth-order valence-corrected chi connectivity index (χ4v) is 1.26. The zero-order valence-electron chi connectivity index (χ0n) is 9.19. The first-order valence-electron chi connectivity index (χ1n) is 4.92. The lowest BCUT2D eigenvalue weighted by molar-refractivity contribution is -0.119. The van der Waals surface area contributed by atoms with Gasteiger partial charge >= 0.3 is 0 Å². The molecule has 4 nitrogen and oxygen atoms in total. The summed E-state index contributed by atoms with van der Waals surface area (Å²) in [7, 11) is 0. The average Bonchev–Trinajstić information content (AvgIpc) is 2.20. The van der Waals surface area contributed by atoms with E-state index in [1.165, 1.54) is 11.5 Å². The van der Waals surface area contributed by atoms with Gasteiger partial charge in [0.05, 0.1) is 12.6 Å². The highest BCUT2D eigenvalue weighted by atomic mass is 16.5. The zero-order valence-corrected chi connectivity index (χ0v) is 9.19. The molecule has 1 rings (SSSR count). The summed E-state index contributed by atoms with van der Waals surface area (Å²) < 4.78 is 6.54. The van der Waals surface area contributed by atoms with Crippen molar-refractivity contribution in [2.75, 3.05) is 6.61 Å². The van der Waals surface area contributed by atoms with Crippen LogP contribution in [0.25, 0.3) is 0 Å². The molecule has 0 bridgehead atoms. The van der Waals surface area contributed by atoms with Gasteiger partial charge in [0.15, 0.2) is 11.5 Å². The fraction of sp³-hybridized carbons (Fsp3) is 0.455. The Labute approximate surface area is 88.5 Å². The van der Waals surface area contributed by atoms with Crippen LogP contribution in [0.5, 0.6) is 5.75 Å². The third-order valence-electron chi connectivity index (χ3n) is 2.24. The molecule has 0 aromatic carbocycles. The number of nitrogens with zero attached hydrogens (tertiary/aromatic N) is 1. The molecule has 1 unspecified atom stereocenters. The number of rotatable bonds is 4. The van der Waals surface area contributed by atoms with E-state index in [-0.39, 0.29) is 17.1 Å². The van der Waals surface area contributed by atoms with Crippen LogP contribution in [0.2, 0.25) is 0 Å². The Kier molecular flexibility index (Phi) is 3.66. The van der Waals surface area contributed by atoms with E-state index in [2.05, 4.69) is 0 Å². The predicted octanol–water partition coefficient (Wildman–Crippen LogP) is 1.40. The minimum Gasteiger partial charge on any atom is -0.488 e. The number of hydrogen-bond donors (Lipinski definition) is 0. The monoisotopic (exact) mass is 209 g/mol. The molecule has 0 saturated heterocycles. The number of hydrogen-bond acceptors (Lipinski definition) is 3. The molecule has 0 spiro atoms. The molecule has 0 radical (unpaired) electrons. The minimum atomic E-state index is -0.446. The van der Waals surface area contributed by atoms with Crippen LogP contribution in [0.4, 0.5) is 0 Å². The summed E-state index contributed by atoms with van der Waals surface area (Å²) in [4.78, 5) is 23.0. The summed E-state index contributed by atoms with van der Waals surface area (Å²) in [5, 5.41) is 0. The topological polar surface area (TPSA) is 48.3 Å². The Balaban J connectivity index is 3.15. The molecule has 1 aromatic rings. The number of carbonyl (C=O) groups is 1. The summed E-state index contributed by atoms with van der Waals surface area (Å²) in [6.45, 7) is 5.41. The third-order valence-corrected chi connectivity index (χ3v) is 2.24. The second-order valence-corrected chi connectivity index (χ2v) is 3.30.